The van der Waals surface area contributed by atoms with Crippen molar-refractivity contribution in [2.45, 2.75) is 38.3 Å². The minimum atomic E-state index is -0.239. The Morgan fingerprint density at radius 3 is 2.53 bits per heavy atom. The molecule has 1 heterocycles. The van der Waals surface area contributed by atoms with Crippen LogP contribution in [0.15, 0.2) is 18.2 Å². The molecule has 0 radical (unpaired) electrons. The van der Waals surface area contributed by atoms with Gasteiger partial charge in [-0.25, -0.2) is 4.39 Å². The second kappa shape index (κ2) is 5.78. The topological polar surface area (TPSA) is 15.3 Å². The molecule has 0 saturated carbocycles. The molecule has 0 aliphatic carbocycles. The summed E-state index contributed by atoms with van der Waals surface area (Å²) in [4.78, 5) is 2.45. The number of likely N-dealkylation sites (N-methyl/N-ethyl adjacent to an activating group) is 1. The molecule has 1 aliphatic heterocycles. The van der Waals surface area contributed by atoms with Crippen LogP contribution in [0.3, 0.4) is 0 Å². The number of nitrogens with one attached hydrogen (secondary N) is 1. The summed E-state index contributed by atoms with van der Waals surface area (Å²) in [5, 5.41) is 3.93. The highest BCUT2D eigenvalue weighted by molar-refractivity contribution is 6.31. The summed E-state index contributed by atoms with van der Waals surface area (Å²) in [6.07, 6.45) is 2.47. The molecule has 1 N–H and O–H groups in total. The predicted molar refractivity (Wildman–Crippen MR) is 78.1 cm³/mol. The normalized spacial score (nSPS) is 18.8. The van der Waals surface area contributed by atoms with E-state index in [2.05, 4.69) is 24.1 Å². The van der Waals surface area contributed by atoms with Crippen LogP contribution >= 0.6 is 11.6 Å². The zero-order valence-corrected chi connectivity index (χ0v) is 12.6. The van der Waals surface area contributed by atoms with Gasteiger partial charge in [0.05, 0.1) is 6.04 Å². The van der Waals surface area contributed by atoms with Crippen molar-refractivity contribution in [3.63, 3.8) is 0 Å². The van der Waals surface area contributed by atoms with Crippen LogP contribution in [-0.2, 0) is 0 Å². The summed E-state index contributed by atoms with van der Waals surface area (Å²) in [5.41, 5.74) is 0.740. The smallest absolute Gasteiger partial charge is 0.123 e. The van der Waals surface area contributed by atoms with E-state index in [0.717, 1.165) is 18.7 Å². The number of benzene rings is 1. The Hall–Kier alpha value is -0.640. The highest BCUT2D eigenvalue weighted by Gasteiger charge is 2.37. The fraction of sp³-hybridized carbons (Fsp3) is 0.600. The third-order valence-corrected chi connectivity index (χ3v) is 4.53. The second-order valence-electron chi connectivity index (χ2n) is 5.74. The fourth-order valence-corrected chi connectivity index (χ4v) is 3.33. The lowest BCUT2D eigenvalue weighted by Crippen LogP contribution is -2.50. The van der Waals surface area contributed by atoms with Crippen LogP contribution in [0.1, 0.15) is 38.3 Å². The average Bonchev–Trinajstić information content (AvgIpc) is 2.88. The molecule has 19 heavy (non-hydrogen) atoms. The van der Waals surface area contributed by atoms with E-state index in [1.165, 1.54) is 18.9 Å². The third kappa shape index (κ3) is 2.93. The lowest BCUT2D eigenvalue weighted by Gasteiger charge is -2.42. The van der Waals surface area contributed by atoms with Crippen molar-refractivity contribution in [3.05, 3.63) is 34.6 Å². The molecule has 1 unspecified atom stereocenters. The summed E-state index contributed by atoms with van der Waals surface area (Å²) in [7, 11) is 1.91. The molecule has 2 nitrogen and oxygen atoms in total. The van der Waals surface area contributed by atoms with E-state index < -0.39 is 0 Å². The molecule has 1 fully saturated rings. The van der Waals surface area contributed by atoms with Crippen LogP contribution in [0.25, 0.3) is 0 Å². The number of likely N-dealkylation sites (tertiary alicyclic amines) is 1. The molecule has 1 aliphatic rings. The Bertz CT molecular complexity index is 442. The molecule has 0 amide bonds. The maximum Gasteiger partial charge on any atom is 0.123 e. The molecule has 0 spiro atoms. The van der Waals surface area contributed by atoms with Gasteiger partial charge in [0.1, 0.15) is 5.82 Å². The molecule has 4 heteroatoms. The van der Waals surface area contributed by atoms with Crippen molar-refractivity contribution in [1.29, 1.82) is 0 Å². The summed E-state index contributed by atoms with van der Waals surface area (Å²) in [6.45, 7) is 6.58. The molecular formula is C15H22ClFN2. The third-order valence-electron chi connectivity index (χ3n) is 4.19. The van der Waals surface area contributed by atoms with Gasteiger partial charge in [0, 0.05) is 10.6 Å². The maximum atomic E-state index is 13.5. The summed E-state index contributed by atoms with van der Waals surface area (Å²) in [5.74, 6) is -0.239. The van der Waals surface area contributed by atoms with Crippen LogP contribution in [0.5, 0.6) is 0 Å². The Labute approximate surface area is 119 Å². The van der Waals surface area contributed by atoms with Gasteiger partial charge in [-0.05, 0) is 70.6 Å². The number of hydrogen-bond acceptors (Lipinski definition) is 2. The number of rotatable bonds is 4. The average molecular weight is 285 g/mol. The Kier molecular flexibility index (Phi) is 4.49. The molecule has 2 rings (SSSR count). The molecule has 1 saturated heterocycles. The van der Waals surface area contributed by atoms with E-state index in [-0.39, 0.29) is 17.4 Å². The predicted octanol–water partition coefficient (Wildman–Crippen LogP) is 3.61. The van der Waals surface area contributed by atoms with E-state index >= 15 is 0 Å². The Morgan fingerprint density at radius 2 is 1.95 bits per heavy atom. The van der Waals surface area contributed by atoms with E-state index in [1.807, 2.05) is 7.05 Å². The van der Waals surface area contributed by atoms with Crippen molar-refractivity contribution in [1.82, 2.24) is 10.2 Å². The van der Waals surface area contributed by atoms with Gasteiger partial charge in [-0.2, -0.15) is 0 Å². The van der Waals surface area contributed by atoms with Crippen molar-refractivity contribution < 1.29 is 4.39 Å². The van der Waals surface area contributed by atoms with Crippen LogP contribution < -0.4 is 5.32 Å². The summed E-state index contributed by atoms with van der Waals surface area (Å²) < 4.78 is 13.5. The molecule has 106 valence electrons. The standard InChI is InChI=1S/C15H22ClFN2/c1-15(2,19-8-4-5-9-19)14(18-3)12-10-11(17)6-7-13(12)16/h6-7,10,14,18H,4-5,8-9H2,1-3H3. The zero-order chi connectivity index (χ0) is 14.0. The van der Waals surface area contributed by atoms with E-state index in [0.29, 0.717) is 5.02 Å². The first kappa shape index (κ1) is 14.8. The number of hydrogen-bond donors (Lipinski definition) is 1. The van der Waals surface area contributed by atoms with Crippen LogP contribution in [-0.4, -0.2) is 30.6 Å². The monoisotopic (exact) mass is 284 g/mol. The SMILES string of the molecule is CNC(c1cc(F)ccc1Cl)C(C)(C)N1CCCC1. The van der Waals surface area contributed by atoms with E-state index in [1.54, 1.807) is 12.1 Å². The maximum absolute atomic E-state index is 13.5. The van der Waals surface area contributed by atoms with Crippen molar-refractivity contribution >= 4 is 11.6 Å². The largest absolute Gasteiger partial charge is 0.311 e. The van der Waals surface area contributed by atoms with Crippen LogP contribution in [0.4, 0.5) is 4.39 Å². The highest BCUT2D eigenvalue weighted by Crippen LogP contribution is 2.36. The molecular weight excluding hydrogens is 263 g/mol. The van der Waals surface area contributed by atoms with Gasteiger partial charge in [0.15, 0.2) is 0 Å². The van der Waals surface area contributed by atoms with Crippen molar-refractivity contribution in [2.24, 2.45) is 0 Å². The molecule has 1 aromatic carbocycles. The minimum absolute atomic E-state index is 0.00815. The summed E-state index contributed by atoms with van der Waals surface area (Å²) in [6, 6.07) is 4.59. The lowest BCUT2D eigenvalue weighted by molar-refractivity contribution is 0.110. The van der Waals surface area contributed by atoms with Crippen LogP contribution in [0, 0.1) is 5.82 Å². The number of halogens is 2. The first-order chi connectivity index (χ1) is 8.96. The molecule has 0 aromatic heterocycles. The Balaban J connectivity index is 2.35. The molecule has 0 bridgehead atoms. The second-order valence-corrected chi connectivity index (χ2v) is 6.14. The molecule has 1 aromatic rings. The van der Waals surface area contributed by atoms with Gasteiger partial charge in [0.25, 0.3) is 0 Å². The fourth-order valence-electron chi connectivity index (χ4n) is 3.10. The van der Waals surface area contributed by atoms with Gasteiger partial charge in [-0.1, -0.05) is 11.6 Å². The first-order valence-electron chi connectivity index (χ1n) is 6.84. The van der Waals surface area contributed by atoms with Crippen molar-refractivity contribution in [2.75, 3.05) is 20.1 Å². The minimum Gasteiger partial charge on any atom is -0.311 e. The first-order valence-corrected chi connectivity index (χ1v) is 7.22. The van der Waals surface area contributed by atoms with Gasteiger partial charge in [-0.3, -0.25) is 4.90 Å². The van der Waals surface area contributed by atoms with E-state index in [9.17, 15) is 4.39 Å². The van der Waals surface area contributed by atoms with Crippen LogP contribution in [0.2, 0.25) is 5.02 Å². The van der Waals surface area contributed by atoms with Gasteiger partial charge in [-0.15, -0.1) is 0 Å². The van der Waals surface area contributed by atoms with Crippen molar-refractivity contribution in [3.8, 4) is 0 Å². The van der Waals surface area contributed by atoms with Gasteiger partial charge >= 0.3 is 0 Å². The number of nitrogens with zero attached hydrogens (tertiary/aromatic N) is 1. The van der Waals surface area contributed by atoms with Gasteiger partial charge < -0.3 is 5.32 Å². The molecule has 1 atom stereocenters. The van der Waals surface area contributed by atoms with E-state index in [4.69, 9.17) is 11.6 Å². The highest BCUT2D eigenvalue weighted by atomic mass is 35.5. The lowest BCUT2D eigenvalue weighted by atomic mass is 9.87. The quantitative estimate of drug-likeness (QED) is 0.908. The summed E-state index contributed by atoms with van der Waals surface area (Å²) >= 11 is 6.26. The Morgan fingerprint density at radius 1 is 1.32 bits per heavy atom. The van der Waals surface area contributed by atoms with Gasteiger partial charge in [0.2, 0.25) is 0 Å². The zero-order valence-electron chi connectivity index (χ0n) is 11.8.